The second-order valence-electron chi connectivity index (χ2n) is 17.1. The van der Waals surface area contributed by atoms with Crippen molar-refractivity contribution in [3.63, 3.8) is 0 Å². The summed E-state index contributed by atoms with van der Waals surface area (Å²) >= 11 is 0. The Morgan fingerprint density at radius 1 is 0.385 bits per heavy atom. The fourth-order valence-corrected chi connectivity index (χ4v) is 11.2. The summed E-state index contributed by atoms with van der Waals surface area (Å²) in [5.41, 5.74) is 19.6. The van der Waals surface area contributed by atoms with Crippen molar-refractivity contribution in [3.8, 4) is 44.9 Å². The number of hydrogen-bond acceptors (Lipinski definition) is 4. The molecule has 0 radical (unpaired) electrons. The lowest BCUT2D eigenvalue weighted by Crippen LogP contribution is -2.37. The van der Waals surface area contributed by atoms with E-state index < -0.39 is 5.41 Å². The maximum absolute atomic E-state index is 6.73. The summed E-state index contributed by atoms with van der Waals surface area (Å²) in [5.74, 6) is 1.71. The SMILES string of the molecule is c1ccc(-c2ccccc2N(c2ccc(-c3ccc4c(c3)C3(c5ccccc5-c5ccccc53)c3cccc5c3N4c3ccccc3O5)cc2)c2cccc3c2oc2ccccc23)cc1. The van der Waals surface area contributed by atoms with E-state index in [4.69, 9.17) is 9.15 Å². The van der Waals surface area contributed by atoms with Crippen molar-refractivity contribution in [2.24, 2.45) is 0 Å². The minimum absolute atomic E-state index is 0.584. The number of anilines is 6. The van der Waals surface area contributed by atoms with Crippen molar-refractivity contribution in [1.82, 2.24) is 0 Å². The molecule has 3 aliphatic rings. The Kier molecular flexibility index (Phi) is 7.57. The first-order valence-corrected chi connectivity index (χ1v) is 22.3. The van der Waals surface area contributed by atoms with Crippen molar-refractivity contribution in [3.05, 3.63) is 253 Å². The predicted molar refractivity (Wildman–Crippen MR) is 265 cm³/mol. The van der Waals surface area contributed by atoms with Gasteiger partial charge in [0.05, 0.1) is 33.9 Å². The van der Waals surface area contributed by atoms with Crippen molar-refractivity contribution in [1.29, 1.82) is 0 Å². The van der Waals surface area contributed by atoms with Crippen molar-refractivity contribution < 1.29 is 9.15 Å². The van der Waals surface area contributed by atoms with Gasteiger partial charge in [0.2, 0.25) is 0 Å². The first kappa shape index (κ1) is 35.9. The lowest BCUT2D eigenvalue weighted by molar-refractivity contribution is 0.473. The Bertz CT molecular complexity index is 3670. The van der Waals surface area contributed by atoms with Gasteiger partial charge in [-0.3, -0.25) is 0 Å². The van der Waals surface area contributed by atoms with Gasteiger partial charge in [-0.25, -0.2) is 0 Å². The summed E-state index contributed by atoms with van der Waals surface area (Å²) in [7, 11) is 0. The van der Waals surface area contributed by atoms with Gasteiger partial charge in [-0.05, 0) is 111 Å². The Balaban J connectivity index is 0.978. The number of furan rings is 1. The standard InChI is InChI=1S/C61H38N2O2/c1-2-16-40(17-3-1)43-18-6-10-26-52(43)62(55-28-14-22-47-46-21-7-12-29-56(46)65-60(47)55)42-35-32-39(33-36-42)41-34-37-53-51(38-41)61(48-23-8-4-19-44(48)45-20-5-9-24-49(45)61)50-25-15-31-58-59(50)63(53)54-27-11-13-30-57(54)64-58/h1-38H. The molecule has 0 saturated carbocycles. The highest BCUT2D eigenvalue weighted by atomic mass is 16.5. The zero-order valence-electron chi connectivity index (χ0n) is 35.2. The number of rotatable bonds is 5. The van der Waals surface area contributed by atoms with Crippen LogP contribution in [-0.2, 0) is 5.41 Å². The van der Waals surface area contributed by atoms with Crippen LogP contribution in [0.2, 0.25) is 0 Å². The summed E-state index contributed by atoms with van der Waals surface area (Å²) < 4.78 is 13.4. The van der Waals surface area contributed by atoms with Gasteiger partial charge in [0, 0.05) is 22.0 Å². The van der Waals surface area contributed by atoms with E-state index in [0.29, 0.717) is 0 Å². The van der Waals surface area contributed by atoms with Crippen LogP contribution in [0, 0.1) is 0 Å². The molecule has 11 aromatic rings. The molecule has 1 aromatic heterocycles. The second-order valence-corrected chi connectivity index (χ2v) is 17.1. The second kappa shape index (κ2) is 13.7. The van der Waals surface area contributed by atoms with Crippen LogP contribution in [0.25, 0.3) is 55.3 Å². The molecule has 2 aliphatic heterocycles. The molecule has 0 amide bonds. The average molecular weight is 831 g/mol. The number of fused-ring (bicyclic) bond motifs is 14. The lowest BCUT2D eigenvalue weighted by atomic mass is 9.64. The molecular weight excluding hydrogens is 793 g/mol. The van der Waals surface area contributed by atoms with E-state index in [9.17, 15) is 0 Å². The molecular formula is C61H38N2O2. The number of para-hydroxylation sites is 6. The van der Waals surface area contributed by atoms with Crippen LogP contribution >= 0.6 is 0 Å². The van der Waals surface area contributed by atoms with Crippen LogP contribution in [0.4, 0.5) is 34.1 Å². The Morgan fingerprint density at radius 2 is 1.00 bits per heavy atom. The van der Waals surface area contributed by atoms with Crippen LogP contribution < -0.4 is 14.5 Å². The van der Waals surface area contributed by atoms with Crippen molar-refractivity contribution in [2.45, 2.75) is 5.41 Å². The highest BCUT2D eigenvalue weighted by Gasteiger charge is 2.53. The minimum Gasteiger partial charge on any atom is -0.454 e. The molecule has 0 atom stereocenters. The number of nitrogens with zero attached hydrogens (tertiary/aromatic N) is 2. The van der Waals surface area contributed by atoms with Gasteiger partial charge in [-0.1, -0.05) is 170 Å². The van der Waals surface area contributed by atoms with E-state index >= 15 is 0 Å². The van der Waals surface area contributed by atoms with Crippen molar-refractivity contribution >= 4 is 56.1 Å². The van der Waals surface area contributed by atoms with Crippen LogP contribution in [0.3, 0.4) is 0 Å². The predicted octanol–water partition coefficient (Wildman–Crippen LogP) is 16.6. The van der Waals surface area contributed by atoms with Crippen LogP contribution in [-0.4, -0.2) is 0 Å². The molecule has 1 spiro atoms. The third-order valence-corrected chi connectivity index (χ3v) is 13.9. The van der Waals surface area contributed by atoms with Gasteiger partial charge in [-0.15, -0.1) is 0 Å². The highest BCUT2D eigenvalue weighted by molar-refractivity contribution is 6.11. The van der Waals surface area contributed by atoms with Gasteiger partial charge in [0.15, 0.2) is 17.1 Å². The number of ether oxygens (including phenoxy) is 1. The summed E-state index contributed by atoms with van der Waals surface area (Å²) in [6.45, 7) is 0. The fourth-order valence-electron chi connectivity index (χ4n) is 11.2. The molecule has 14 rings (SSSR count). The molecule has 1 aliphatic carbocycles. The monoisotopic (exact) mass is 830 g/mol. The van der Waals surface area contributed by atoms with Crippen LogP contribution in [0.1, 0.15) is 22.3 Å². The van der Waals surface area contributed by atoms with E-state index in [0.717, 1.165) is 89.8 Å². The van der Waals surface area contributed by atoms with Gasteiger partial charge in [-0.2, -0.15) is 0 Å². The zero-order chi connectivity index (χ0) is 42.6. The quantitative estimate of drug-likeness (QED) is 0.173. The van der Waals surface area contributed by atoms with Gasteiger partial charge >= 0.3 is 0 Å². The summed E-state index contributed by atoms with van der Waals surface area (Å²) in [6, 6.07) is 83.1. The number of benzene rings is 10. The Hall–Kier alpha value is -8.60. The normalized spacial score (nSPS) is 13.4. The topological polar surface area (TPSA) is 28.9 Å². The zero-order valence-corrected chi connectivity index (χ0v) is 35.2. The molecule has 304 valence electrons. The molecule has 10 aromatic carbocycles. The molecule has 0 unspecified atom stereocenters. The van der Waals surface area contributed by atoms with E-state index in [1.165, 1.54) is 33.4 Å². The fraction of sp³-hybridized carbons (Fsp3) is 0.0164. The first-order chi connectivity index (χ1) is 32.3. The van der Waals surface area contributed by atoms with E-state index in [1.807, 2.05) is 6.07 Å². The third kappa shape index (κ3) is 5.02. The van der Waals surface area contributed by atoms with Crippen LogP contribution in [0.15, 0.2) is 235 Å². The van der Waals surface area contributed by atoms with Gasteiger partial charge in [0.1, 0.15) is 5.58 Å². The summed E-state index contributed by atoms with van der Waals surface area (Å²) in [6.07, 6.45) is 0. The van der Waals surface area contributed by atoms with E-state index in [2.05, 4.69) is 234 Å². The lowest BCUT2D eigenvalue weighted by Gasteiger charge is -2.47. The molecule has 0 saturated heterocycles. The maximum Gasteiger partial charge on any atom is 0.159 e. The summed E-state index contributed by atoms with van der Waals surface area (Å²) in [5, 5.41) is 2.19. The molecule has 0 N–H and O–H groups in total. The van der Waals surface area contributed by atoms with E-state index in [1.54, 1.807) is 0 Å². The van der Waals surface area contributed by atoms with E-state index in [-0.39, 0.29) is 0 Å². The largest absolute Gasteiger partial charge is 0.454 e. The molecule has 65 heavy (non-hydrogen) atoms. The third-order valence-electron chi connectivity index (χ3n) is 13.9. The molecule has 4 heteroatoms. The van der Waals surface area contributed by atoms with Gasteiger partial charge in [0.25, 0.3) is 0 Å². The smallest absolute Gasteiger partial charge is 0.159 e. The number of hydrogen-bond donors (Lipinski definition) is 0. The van der Waals surface area contributed by atoms with Crippen molar-refractivity contribution in [2.75, 3.05) is 9.80 Å². The Labute approximate surface area is 376 Å². The molecule has 0 fully saturated rings. The molecule has 4 nitrogen and oxygen atoms in total. The minimum atomic E-state index is -0.584. The first-order valence-electron chi connectivity index (χ1n) is 22.3. The summed E-state index contributed by atoms with van der Waals surface area (Å²) in [4.78, 5) is 4.79. The van der Waals surface area contributed by atoms with Crippen LogP contribution in [0.5, 0.6) is 11.5 Å². The Morgan fingerprint density at radius 3 is 1.83 bits per heavy atom. The average Bonchev–Trinajstić information content (AvgIpc) is 3.90. The highest BCUT2D eigenvalue weighted by Crippen LogP contribution is 2.67. The molecule has 0 bridgehead atoms. The maximum atomic E-state index is 6.73. The molecule has 3 heterocycles. The van der Waals surface area contributed by atoms with Gasteiger partial charge < -0.3 is 19.0 Å².